The van der Waals surface area contributed by atoms with Gasteiger partial charge in [0.25, 0.3) is 0 Å². The van der Waals surface area contributed by atoms with Crippen molar-refractivity contribution in [1.29, 1.82) is 0 Å². The van der Waals surface area contributed by atoms with Crippen molar-refractivity contribution in [1.82, 2.24) is 14.9 Å². The van der Waals surface area contributed by atoms with Gasteiger partial charge in [0.05, 0.1) is 6.61 Å². The fraction of sp³-hybridized carbons (Fsp3) is 0.476. The molecule has 0 bridgehead atoms. The van der Waals surface area contributed by atoms with Crippen LogP contribution in [0.4, 0.5) is 22.2 Å². The molecule has 3 rings (SSSR count). The number of benzene rings is 1. The first kappa shape index (κ1) is 19.9. The second-order valence-corrected chi connectivity index (χ2v) is 6.96. The fourth-order valence-corrected chi connectivity index (χ4v) is 3.43. The summed E-state index contributed by atoms with van der Waals surface area (Å²) in [7, 11) is 0. The number of aromatic nitrogens is 2. The molecule has 2 heterocycles. The molecule has 1 aliphatic heterocycles. The number of amides is 1. The summed E-state index contributed by atoms with van der Waals surface area (Å²) in [5.41, 5.74) is 3.57. The predicted octanol–water partition coefficient (Wildman–Crippen LogP) is 4.12. The van der Waals surface area contributed by atoms with E-state index >= 15 is 0 Å². The predicted molar refractivity (Wildman–Crippen MR) is 111 cm³/mol. The van der Waals surface area contributed by atoms with Crippen LogP contribution in [-0.4, -0.2) is 46.7 Å². The average Bonchev–Trinajstić information content (AvgIpc) is 2.70. The Labute approximate surface area is 166 Å². The highest BCUT2D eigenvalue weighted by Gasteiger charge is 2.24. The van der Waals surface area contributed by atoms with Crippen LogP contribution in [0.5, 0.6) is 0 Å². The number of rotatable bonds is 6. The SMILES string of the molecule is CCOC(=O)N1CCC(Nc2nccc(Nc3c(C)cccc3CC)n2)CC1. The van der Waals surface area contributed by atoms with E-state index in [1.54, 1.807) is 11.1 Å². The topological polar surface area (TPSA) is 79.4 Å². The second kappa shape index (κ2) is 9.39. The van der Waals surface area contributed by atoms with Gasteiger partial charge in [-0.05, 0) is 50.3 Å². The summed E-state index contributed by atoms with van der Waals surface area (Å²) < 4.78 is 5.07. The zero-order valence-electron chi connectivity index (χ0n) is 16.9. The number of aryl methyl sites for hydroxylation is 2. The highest BCUT2D eigenvalue weighted by Crippen LogP contribution is 2.25. The fourth-order valence-electron chi connectivity index (χ4n) is 3.43. The Morgan fingerprint density at radius 2 is 2.04 bits per heavy atom. The van der Waals surface area contributed by atoms with Crippen molar-refractivity contribution in [3.05, 3.63) is 41.6 Å². The first-order valence-electron chi connectivity index (χ1n) is 9.97. The number of hydrogen-bond donors (Lipinski definition) is 2. The van der Waals surface area contributed by atoms with Gasteiger partial charge in [-0.25, -0.2) is 9.78 Å². The Morgan fingerprint density at radius 3 is 2.75 bits per heavy atom. The molecule has 28 heavy (non-hydrogen) atoms. The third kappa shape index (κ3) is 4.91. The number of piperidine rings is 1. The van der Waals surface area contributed by atoms with Crippen LogP contribution in [0.1, 0.15) is 37.8 Å². The Hall–Kier alpha value is -2.83. The summed E-state index contributed by atoms with van der Waals surface area (Å²) in [6.45, 7) is 7.83. The van der Waals surface area contributed by atoms with E-state index in [1.165, 1.54) is 11.1 Å². The van der Waals surface area contributed by atoms with Crippen LogP contribution in [0.3, 0.4) is 0 Å². The maximum atomic E-state index is 11.8. The number of nitrogens with zero attached hydrogens (tertiary/aromatic N) is 3. The molecule has 1 aromatic carbocycles. The lowest BCUT2D eigenvalue weighted by atomic mass is 10.1. The molecule has 150 valence electrons. The van der Waals surface area contributed by atoms with E-state index in [0.29, 0.717) is 25.6 Å². The third-order valence-electron chi connectivity index (χ3n) is 5.00. The number of nitrogens with one attached hydrogen (secondary N) is 2. The van der Waals surface area contributed by atoms with Gasteiger partial charge in [-0.2, -0.15) is 4.98 Å². The van der Waals surface area contributed by atoms with Gasteiger partial charge in [0.1, 0.15) is 5.82 Å². The van der Waals surface area contributed by atoms with Crippen molar-refractivity contribution in [3.8, 4) is 0 Å². The molecule has 7 nitrogen and oxygen atoms in total. The lowest BCUT2D eigenvalue weighted by molar-refractivity contribution is 0.0983. The van der Waals surface area contributed by atoms with E-state index in [9.17, 15) is 4.79 Å². The molecule has 2 N–H and O–H groups in total. The first-order chi connectivity index (χ1) is 13.6. The largest absolute Gasteiger partial charge is 0.450 e. The molecule has 1 aliphatic rings. The zero-order valence-corrected chi connectivity index (χ0v) is 16.9. The van der Waals surface area contributed by atoms with Crippen molar-refractivity contribution < 1.29 is 9.53 Å². The molecule has 1 fully saturated rings. The van der Waals surface area contributed by atoms with Gasteiger partial charge in [0.15, 0.2) is 0 Å². The van der Waals surface area contributed by atoms with E-state index in [1.807, 2.05) is 13.0 Å². The maximum Gasteiger partial charge on any atom is 0.409 e. The quantitative estimate of drug-likeness (QED) is 0.781. The molecule has 0 atom stereocenters. The summed E-state index contributed by atoms with van der Waals surface area (Å²) in [6.07, 6.45) is 4.18. The Kier molecular flexibility index (Phi) is 6.68. The van der Waals surface area contributed by atoms with Gasteiger partial charge in [-0.15, -0.1) is 0 Å². The van der Waals surface area contributed by atoms with Crippen LogP contribution in [-0.2, 0) is 11.2 Å². The molecule has 1 amide bonds. The summed E-state index contributed by atoms with van der Waals surface area (Å²) in [4.78, 5) is 22.5. The highest BCUT2D eigenvalue weighted by molar-refractivity contribution is 5.67. The third-order valence-corrected chi connectivity index (χ3v) is 5.00. The zero-order chi connectivity index (χ0) is 19.9. The number of para-hydroxylation sites is 1. The molecule has 1 saturated heterocycles. The van der Waals surface area contributed by atoms with Gasteiger partial charge in [0.2, 0.25) is 5.95 Å². The summed E-state index contributed by atoms with van der Waals surface area (Å²) in [5.74, 6) is 1.37. The standard InChI is InChI=1S/C21H29N5O2/c1-4-16-8-6-7-15(3)19(16)24-18-9-12-22-20(25-18)23-17-10-13-26(14-11-17)21(27)28-5-2/h6-9,12,17H,4-5,10-11,13-14H2,1-3H3,(H2,22,23,24,25). The van der Waals surface area contributed by atoms with Gasteiger partial charge in [-0.3, -0.25) is 0 Å². The molecule has 1 aromatic heterocycles. The van der Waals surface area contributed by atoms with Crippen molar-refractivity contribution >= 4 is 23.5 Å². The molecule has 2 aromatic rings. The average molecular weight is 383 g/mol. The number of carbonyl (C=O) groups excluding carboxylic acids is 1. The van der Waals surface area contributed by atoms with Crippen molar-refractivity contribution in [2.75, 3.05) is 30.3 Å². The number of hydrogen-bond acceptors (Lipinski definition) is 6. The smallest absolute Gasteiger partial charge is 0.409 e. The van der Waals surface area contributed by atoms with E-state index in [0.717, 1.165) is 30.8 Å². The van der Waals surface area contributed by atoms with E-state index in [2.05, 4.69) is 52.6 Å². The van der Waals surface area contributed by atoms with E-state index in [-0.39, 0.29) is 12.1 Å². The number of carbonyl (C=O) groups is 1. The molecular formula is C21H29N5O2. The molecule has 0 saturated carbocycles. The summed E-state index contributed by atoms with van der Waals surface area (Å²) >= 11 is 0. The molecule has 0 aliphatic carbocycles. The number of ether oxygens (including phenoxy) is 1. The van der Waals surface area contributed by atoms with Crippen LogP contribution in [0, 0.1) is 6.92 Å². The first-order valence-corrected chi connectivity index (χ1v) is 9.97. The summed E-state index contributed by atoms with van der Waals surface area (Å²) in [5, 5.41) is 6.85. The van der Waals surface area contributed by atoms with Crippen LogP contribution in [0.2, 0.25) is 0 Å². The monoisotopic (exact) mass is 383 g/mol. The Bertz CT molecular complexity index is 803. The van der Waals surface area contributed by atoms with Gasteiger partial charge >= 0.3 is 6.09 Å². The van der Waals surface area contributed by atoms with Crippen LogP contribution < -0.4 is 10.6 Å². The molecule has 0 radical (unpaired) electrons. The Morgan fingerprint density at radius 1 is 1.25 bits per heavy atom. The van der Waals surface area contributed by atoms with E-state index < -0.39 is 0 Å². The minimum absolute atomic E-state index is 0.228. The van der Waals surface area contributed by atoms with Crippen LogP contribution in [0.15, 0.2) is 30.5 Å². The molecule has 0 unspecified atom stereocenters. The number of anilines is 3. The lowest BCUT2D eigenvalue weighted by Crippen LogP contribution is -2.42. The molecule has 0 spiro atoms. The number of likely N-dealkylation sites (tertiary alicyclic amines) is 1. The van der Waals surface area contributed by atoms with Gasteiger partial charge < -0.3 is 20.3 Å². The van der Waals surface area contributed by atoms with Crippen molar-refractivity contribution in [2.24, 2.45) is 0 Å². The van der Waals surface area contributed by atoms with Gasteiger partial charge in [-0.1, -0.05) is 25.1 Å². The van der Waals surface area contributed by atoms with Crippen LogP contribution in [0.25, 0.3) is 0 Å². The molecule has 7 heteroatoms. The second-order valence-electron chi connectivity index (χ2n) is 6.96. The lowest BCUT2D eigenvalue weighted by Gasteiger charge is -2.31. The normalized spacial score (nSPS) is 14.6. The van der Waals surface area contributed by atoms with Gasteiger partial charge in [0, 0.05) is 31.0 Å². The minimum Gasteiger partial charge on any atom is -0.450 e. The van der Waals surface area contributed by atoms with Crippen molar-refractivity contribution in [2.45, 2.75) is 46.1 Å². The highest BCUT2D eigenvalue weighted by atomic mass is 16.6. The summed E-state index contributed by atoms with van der Waals surface area (Å²) in [6, 6.07) is 8.42. The van der Waals surface area contributed by atoms with E-state index in [4.69, 9.17) is 4.74 Å². The molecular weight excluding hydrogens is 354 g/mol. The van der Waals surface area contributed by atoms with Crippen molar-refractivity contribution in [3.63, 3.8) is 0 Å². The minimum atomic E-state index is -0.228. The maximum absolute atomic E-state index is 11.8. The van der Waals surface area contributed by atoms with Crippen LogP contribution >= 0.6 is 0 Å². The Balaban J connectivity index is 1.61.